The van der Waals surface area contributed by atoms with Crippen LogP contribution in [0.2, 0.25) is 0 Å². The highest BCUT2D eigenvalue weighted by Gasteiger charge is 2.34. The average molecular weight is 375 g/mol. The fraction of sp³-hybridized carbons (Fsp3) is 0.368. The summed E-state index contributed by atoms with van der Waals surface area (Å²) in [4.78, 5) is 0.308. The van der Waals surface area contributed by atoms with Crippen molar-refractivity contribution < 1.29 is 22.6 Å². The Morgan fingerprint density at radius 3 is 2.69 bits per heavy atom. The molecule has 0 aromatic heterocycles. The van der Waals surface area contributed by atoms with Crippen molar-refractivity contribution in [3.8, 4) is 17.2 Å². The molecule has 2 aliphatic heterocycles. The molecular weight excluding hydrogens is 354 g/mol. The Morgan fingerprint density at radius 2 is 1.92 bits per heavy atom. The average Bonchev–Trinajstić information content (AvgIpc) is 3.30. The molecule has 2 aromatic rings. The molecule has 0 spiro atoms. The van der Waals surface area contributed by atoms with Crippen molar-refractivity contribution in [2.75, 3.05) is 27.0 Å². The van der Waals surface area contributed by atoms with E-state index < -0.39 is 10.0 Å². The van der Waals surface area contributed by atoms with E-state index in [2.05, 4.69) is 0 Å². The molecule has 0 bridgehead atoms. The van der Waals surface area contributed by atoms with Gasteiger partial charge >= 0.3 is 0 Å². The number of benzene rings is 2. The van der Waals surface area contributed by atoms with Gasteiger partial charge in [0.05, 0.1) is 12.0 Å². The quantitative estimate of drug-likeness (QED) is 0.822. The molecule has 1 saturated heterocycles. The summed E-state index contributed by atoms with van der Waals surface area (Å²) in [7, 11) is -1.94. The van der Waals surface area contributed by atoms with E-state index >= 15 is 0 Å². The summed E-state index contributed by atoms with van der Waals surface area (Å²) in [6, 6.07) is 10.8. The second kappa shape index (κ2) is 6.48. The molecule has 0 aliphatic carbocycles. The van der Waals surface area contributed by atoms with Gasteiger partial charge < -0.3 is 14.2 Å². The van der Waals surface area contributed by atoms with Crippen molar-refractivity contribution in [2.24, 2.45) is 0 Å². The maximum Gasteiger partial charge on any atom is 0.243 e. The Kier molecular flexibility index (Phi) is 4.28. The molecular formula is C19H21NO5S. The zero-order valence-electron chi connectivity index (χ0n) is 14.8. The van der Waals surface area contributed by atoms with Crippen molar-refractivity contribution in [1.82, 2.24) is 4.31 Å². The molecule has 0 N–H and O–H groups in total. The lowest BCUT2D eigenvalue weighted by atomic mass is 9.98. The second-order valence-corrected chi connectivity index (χ2v) is 8.53. The van der Waals surface area contributed by atoms with Crippen LogP contribution in [0.4, 0.5) is 0 Å². The maximum absolute atomic E-state index is 13.0. The van der Waals surface area contributed by atoms with Crippen LogP contribution >= 0.6 is 0 Å². The van der Waals surface area contributed by atoms with Crippen molar-refractivity contribution >= 4 is 10.0 Å². The van der Waals surface area contributed by atoms with E-state index in [-0.39, 0.29) is 12.7 Å². The zero-order valence-corrected chi connectivity index (χ0v) is 15.6. The minimum atomic E-state index is -3.52. The second-order valence-electron chi connectivity index (χ2n) is 6.59. The molecule has 6 nitrogen and oxygen atoms in total. The van der Waals surface area contributed by atoms with E-state index in [1.54, 1.807) is 29.6 Å². The first-order chi connectivity index (χ1) is 12.5. The van der Waals surface area contributed by atoms with Crippen LogP contribution in [0.3, 0.4) is 0 Å². The monoisotopic (exact) mass is 375 g/mol. The van der Waals surface area contributed by atoms with Crippen molar-refractivity contribution in [3.05, 3.63) is 47.5 Å². The summed E-state index contributed by atoms with van der Waals surface area (Å²) in [5.41, 5.74) is 1.89. The van der Waals surface area contributed by atoms with Crippen LogP contribution in [0.25, 0.3) is 0 Å². The lowest BCUT2D eigenvalue weighted by Crippen LogP contribution is -2.28. The van der Waals surface area contributed by atoms with Crippen molar-refractivity contribution in [2.45, 2.75) is 24.2 Å². The number of rotatable bonds is 4. The number of sulfonamides is 1. The summed E-state index contributed by atoms with van der Waals surface area (Å²) in [5, 5.41) is 0. The van der Waals surface area contributed by atoms with Crippen LogP contribution in [-0.4, -0.2) is 39.7 Å². The number of ether oxygens (including phenoxy) is 3. The minimum absolute atomic E-state index is 0.152. The van der Waals surface area contributed by atoms with E-state index in [9.17, 15) is 8.42 Å². The highest BCUT2D eigenvalue weighted by molar-refractivity contribution is 7.89. The fourth-order valence-electron chi connectivity index (χ4n) is 3.55. The van der Waals surface area contributed by atoms with Gasteiger partial charge in [0.1, 0.15) is 5.75 Å². The van der Waals surface area contributed by atoms with Gasteiger partial charge in [-0.05, 0) is 60.7 Å². The number of aryl methyl sites for hydroxylation is 1. The molecule has 4 rings (SSSR count). The lowest BCUT2D eigenvalue weighted by Gasteiger charge is -2.18. The van der Waals surface area contributed by atoms with E-state index in [0.29, 0.717) is 23.7 Å². The fourth-order valence-corrected chi connectivity index (χ4v) is 5.13. The molecule has 1 unspecified atom stereocenters. The van der Waals surface area contributed by atoms with Gasteiger partial charge in [-0.25, -0.2) is 8.42 Å². The van der Waals surface area contributed by atoms with Crippen LogP contribution in [0.1, 0.15) is 23.5 Å². The zero-order chi connectivity index (χ0) is 18.3. The number of methoxy groups -OCH3 is 1. The molecule has 2 heterocycles. The van der Waals surface area contributed by atoms with E-state index in [1.807, 2.05) is 25.1 Å². The molecule has 0 amide bonds. The Balaban J connectivity index is 1.55. The third-order valence-corrected chi connectivity index (χ3v) is 6.88. The predicted molar refractivity (Wildman–Crippen MR) is 96.4 cm³/mol. The summed E-state index contributed by atoms with van der Waals surface area (Å²) in [5.74, 6) is 2.31. The molecule has 2 aromatic carbocycles. The third kappa shape index (κ3) is 2.91. The normalized spacial score (nSPS) is 19.7. The summed E-state index contributed by atoms with van der Waals surface area (Å²) in [6.45, 7) is 3.05. The smallest absolute Gasteiger partial charge is 0.243 e. The topological polar surface area (TPSA) is 65.1 Å². The van der Waals surface area contributed by atoms with Gasteiger partial charge in [-0.2, -0.15) is 4.31 Å². The number of nitrogens with zero attached hydrogens (tertiary/aromatic N) is 1. The first-order valence-electron chi connectivity index (χ1n) is 8.53. The van der Waals surface area contributed by atoms with Gasteiger partial charge in [-0.3, -0.25) is 0 Å². The Hall–Kier alpha value is -2.25. The standard InChI is InChI=1S/C19H21NO5S/c1-13-9-16(4-6-17(13)23-2)26(21,22)20-8-7-15(11-20)14-3-5-18-19(10-14)25-12-24-18/h3-6,9-10,15H,7-8,11-12H2,1-2H3. The van der Waals surface area contributed by atoms with E-state index in [1.165, 1.54) is 0 Å². The van der Waals surface area contributed by atoms with Gasteiger partial charge in [0.25, 0.3) is 0 Å². The van der Waals surface area contributed by atoms with Gasteiger partial charge in [-0.15, -0.1) is 0 Å². The summed E-state index contributed by atoms with van der Waals surface area (Å²) >= 11 is 0. The Labute approximate surface area is 153 Å². The molecule has 1 fully saturated rings. The van der Waals surface area contributed by atoms with Crippen LogP contribution in [0.15, 0.2) is 41.3 Å². The van der Waals surface area contributed by atoms with E-state index in [4.69, 9.17) is 14.2 Å². The molecule has 138 valence electrons. The Morgan fingerprint density at radius 1 is 1.12 bits per heavy atom. The van der Waals surface area contributed by atoms with Crippen LogP contribution < -0.4 is 14.2 Å². The number of hydrogen-bond acceptors (Lipinski definition) is 5. The number of hydrogen-bond donors (Lipinski definition) is 0. The van der Waals surface area contributed by atoms with E-state index in [0.717, 1.165) is 29.0 Å². The Bertz CT molecular complexity index is 941. The molecule has 0 radical (unpaired) electrons. The van der Waals surface area contributed by atoms with Crippen molar-refractivity contribution in [3.63, 3.8) is 0 Å². The molecule has 1 atom stereocenters. The van der Waals surface area contributed by atoms with Crippen LogP contribution in [0, 0.1) is 6.92 Å². The highest BCUT2D eigenvalue weighted by Crippen LogP contribution is 2.38. The lowest BCUT2D eigenvalue weighted by molar-refractivity contribution is 0.174. The maximum atomic E-state index is 13.0. The van der Waals surface area contributed by atoms with Gasteiger partial charge in [0.15, 0.2) is 11.5 Å². The van der Waals surface area contributed by atoms with Gasteiger partial charge in [-0.1, -0.05) is 6.07 Å². The highest BCUT2D eigenvalue weighted by atomic mass is 32.2. The van der Waals surface area contributed by atoms with Crippen LogP contribution in [0.5, 0.6) is 17.2 Å². The summed E-state index contributed by atoms with van der Waals surface area (Å²) < 4.78 is 43.5. The molecule has 0 saturated carbocycles. The first-order valence-corrected chi connectivity index (χ1v) is 9.97. The predicted octanol–water partition coefficient (Wildman–Crippen LogP) is 2.91. The molecule has 2 aliphatic rings. The minimum Gasteiger partial charge on any atom is -0.496 e. The van der Waals surface area contributed by atoms with Crippen LogP contribution in [-0.2, 0) is 10.0 Å². The van der Waals surface area contributed by atoms with Gasteiger partial charge in [0.2, 0.25) is 16.8 Å². The molecule has 7 heteroatoms. The molecule has 26 heavy (non-hydrogen) atoms. The van der Waals surface area contributed by atoms with Crippen molar-refractivity contribution in [1.29, 1.82) is 0 Å². The van der Waals surface area contributed by atoms with Gasteiger partial charge in [0, 0.05) is 13.1 Å². The summed E-state index contributed by atoms with van der Waals surface area (Å²) in [6.07, 6.45) is 0.786. The number of fused-ring (bicyclic) bond motifs is 1. The first kappa shape index (κ1) is 17.2. The SMILES string of the molecule is COc1ccc(S(=O)(=O)N2CCC(c3ccc4c(c3)OCO4)C2)cc1C. The largest absolute Gasteiger partial charge is 0.496 e. The third-order valence-electron chi connectivity index (χ3n) is 5.02.